The Balaban J connectivity index is 2.19. The number of rotatable bonds is 2. The molecule has 2 fully saturated rings. The molecule has 2 aliphatic carbocycles. The Morgan fingerprint density at radius 2 is 2.17 bits per heavy atom. The molecule has 0 radical (unpaired) electrons. The van der Waals surface area contributed by atoms with E-state index in [9.17, 15) is 8.78 Å². The Hall–Kier alpha value is -0.180. The van der Waals surface area contributed by atoms with E-state index < -0.39 is 11.8 Å². The highest BCUT2D eigenvalue weighted by atomic mass is 19.3. The normalized spacial score (nSPS) is 46.0. The van der Waals surface area contributed by atoms with E-state index in [1.807, 2.05) is 0 Å². The lowest BCUT2D eigenvalue weighted by Gasteiger charge is -2.34. The van der Waals surface area contributed by atoms with Gasteiger partial charge in [0.05, 0.1) is 12.0 Å². The van der Waals surface area contributed by atoms with E-state index in [1.54, 1.807) is 0 Å². The van der Waals surface area contributed by atoms with E-state index in [0.29, 0.717) is 12.3 Å². The van der Waals surface area contributed by atoms with Crippen LogP contribution in [0.1, 0.15) is 25.7 Å². The Morgan fingerprint density at radius 1 is 1.42 bits per heavy atom. The van der Waals surface area contributed by atoms with Gasteiger partial charge in [-0.2, -0.15) is 0 Å². The van der Waals surface area contributed by atoms with Crippen molar-refractivity contribution in [3.63, 3.8) is 0 Å². The molecular formula is C9H14F2O. The number of fused-ring (bicyclic) bond motifs is 2. The first-order valence-electron chi connectivity index (χ1n) is 4.58. The number of aliphatic hydroxyl groups excluding tert-OH is 1. The van der Waals surface area contributed by atoms with Crippen molar-refractivity contribution in [2.75, 3.05) is 6.61 Å². The van der Waals surface area contributed by atoms with Gasteiger partial charge >= 0.3 is 0 Å². The molecule has 2 rings (SSSR count). The lowest BCUT2D eigenvalue weighted by molar-refractivity contribution is -0.0771. The van der Waals surface area contributed by atoms with E-state index in [1.165, 1.54) is 0 Å². The molecule has 2 bridgehead atoms. The van der Waals surface area contributed by atoms with Crippen molar-refractivity contribution in [1.82, 2.24) is 0 Å². The molecule has 0 aromatic rings. The first-order chi connectivity index (χ1) is 5.69. The van der Waals surface area contributed by atoms with Crippen molar-refractivity contribution in [2.24, 2.45) is 17.3 Å². The maximum absolute atomic E-state index is 12.7. The average molecular weight is 176 g/mol. The molecule has 12 heavy (non-hydrogen) atoms. The Morgan fingerprint density at radius 3 is 2.42 bits per heavy atom. The number of halogens is 2. The van der Waals surface area contributed by atoms with Gasteiger partial charge in [0, 0.05) is 0 Å². The second-order valence-electron chi connectivity index (χ2n) is 4.27. The van der Waals surface area contributed by atoms with Crippen molar-refractivity contribution >= 4 is 0 Å². The van der Waals surface area contributed by atoms with Gasteiger partial charge in [0.1, 0.15) is 0 Å². The molecular weight excluding hydrogens is 162 g/mol. The predicted octanol–water partition coefficient (Wildman–Crippen LogP) is 2.05. The monoisotopic (exact) mass is 176 g/mol. The SMILES string of the molecule is OCC1(C(F)F)CC2CCC1C2. The van der Waals surface area contributed by atoms with Crippen molar-refractivity contribution < 1.29 is 13.9 Å². The smallest absolute Gasteiger partial charge is 0.246 e. The van der Waals surface area contributed by atoms with Crippen LogP contribution in [0.2, 0.25) is 0 Å². The number of hydrogen-bond donors (Lipinski definition) is 1. The Kier molecular flexibility index (Phi) is 1.86. The van der Waals surface area contributed by atoms with Gasteiger partial charge in [-0.3, -0.25) is 0 Å². The number of hydrogen-bond acceptors (Lipinski definition) is 1. The minimum Gasteiger partial charge on any atom is -0.396 e. The lowest BCUT2D eigenvalue weighted by atomic mass is 9.74. The summed E-state index contributed by atoms with van der Waals surface area (Å²) in [5, 5.41) is 9.03. The van der Waals surface area contributed by atoms with Gasteiger partial charge in [0.2, 0.25) is 6.43 Å². The predicted molar refractivity (Wildman–Crippen MR) is 41.0 cm³/mol. The fourth-order valence-corrected chi connectivity index (χ4v) is 3.02. The molecule has 70 valence electrons. The topological polar surface area (TPSA) is 20.2 Å². The highest BCUT2D eigenvalue weighted by molar-refractivity contribution is 5.01. The zero-order chi connectivity index (χ0) is 8.77. The van der Waals surface area contributed by atoms with Crippen LogP contribution in [0.15, 0.2) is 0 Å². The quantitative estimate of drug-likeness (QED) is 0.682. The van der Waals surface area contributed by atoms with Crippen molar-refractivity contribution in [2.45, 2.75) is 32.1 Å². The molecule has 1 N–H and O–H groups in total. The summed E-state index contributed by atoms with van der Waals surface area (Å²) in [6.45, 7) is -0.328. The molecule has 3 heteroatoms. The van der Waals surface area contributed by atoms with Crippen LogP contribution in [0.5, 0.6) is 0 Å². The lowest BCUT2D eigenvalue weighted by Crippen LogP contribution is -2.38. The zero-order valence-corrected chi connectivity index (χ0v) is 6.97. The average Bonchev–Trinajstić information content (AvgIpc) is 2.62. The second-order valence-corrected chi connectivity index (χ2v) is 4.27. The zero-order valence-electron chi connectivity index (χ0n) is 6.97. The standard InChI is InChI=1S/C9H14F2O/c10-8(11)9(5-12)4-6-1-2-7(9)3-6/h6-8,12H,1-5H2. The van der Waals surface area contributed by atoms with Crippen LogP contribution >= 0.6 is 0 Å². The van der Waals surface area contributed by atoms with Gasteiger partial charge < -0.3 is 5.11 Å². The fourth-order valence-electron chi connectivity index (χ4n) is 3.02. The van der Waals surface area contributed by atoms with E-state index in [4.69, 9.17) is 5.11 Å². The second kappa shape index (κ2) is 2.66. The summed E-state index contributed by atoms with van der Waals surface area (Å²) in [6.07, 6.45) is 1.13. The number of alkyl halides is 2. The van der Waals surface area contributed by atoms with Gasteiger partial charge in [0.15, 0.2) is 0 Å². The maximum atomic E-state index is 12.7. The summed E-state index contributed by atoms with van der Waals surface area (Å²) in [7, 11) is 0. The highest BCUT2D eigenvalue weighted by Gasteiger charge is 2.55. The summed E-state index contributed by atoms with van der Waals surface area (Å²) in [4.78, 5) is 0. The van der Waals surface area contributed by atoms with E-state index >= 15 is 0 Å². The largest absolute Gasteiger partial charge is 0.396 e. The molecule has 0 aromatic carbocycles. The summed E-state index contributed by atoms with van der Waals surface area (Å²) in [6, 6.07) is 0. The molecule has 0 spiro atoms. The van der Waals surface area contributed by atoms with Crippen LogP contribution < -0.4 is 0 Å². The van der Waals surface area contributed by atoms with Crippen LogP contribution in [-0.4, -0.2) is 18.1 Å². The van der Waals surface area contributed by atoms with Crippen molar-refractivity contribution in [3.8, 4) is 0 Å². The van der Waals surface area contributed by atoms with Crippen molar-refractivity contribution in [3.05, 3.63) is 0 Å². The highest BCUT2D eigenvalue weighted by Crippen LogP contribution is 2.58. The van der Waals surface area contributed by atoms with Crippen LogP contribution in [-0.2, 0) is 0 Å². The third-order valence-electron chi connectivity index (χ3n) is 3.75. The molecule has 2 aliphatic rings. The van der Waals surface area contributed by atoms with Crippen LogP contribution in [0.3, 0.4) is 0 Å². The molecule has 0 heterocycles. The first-order valence-corrected chi connectivity index (χ1v) is 4.58. The molecule has 0 amide bonds. The third-order valence-corrected chi connectivity index (χ3v) is 3.75. The van der Waals surface area contributed by atoms with E-state index in [2.05, 4.69) is 0 Å². The van der Waals surface area contributed by atoms with Gasteiger partial charge in [-0.25, -0.2) is 8.78 Å². The third kappa shape index (κ3) is 0.920. The van der Waals surface area contributed by atoms with Crippen LogP contribution in [0.4, 0.5) is 8.78 Å². The van der Waals surface area contributed by atoms with E-state index in [-0.39, 0.29) is 12.5 Å². The number of aliphatic hydroxyl groups is 1. The summed E-state index contributed by atoms with van der Waals surface area (Å²) >= 11 is 0. The van der Waals surface area contributed by atoms with Crippen molar-refractivity contribution in [1.29, 1.82) is 0 Å². The van der Waals surface area contributed by atoms with Gasteiger partial charge in [0.25, 0.3) is 0 Å². The molecule has 1 nitrogen and oxygen atoms in total. The van der Waals surface area contributed by atoms with Crippen LogP contribution in [0.25, 0.3) is 0 Å². The van der Waals surface area contributed by atoms with Gasteiger partial charge in [-0.05, 0) is 31.1 Å². The molecule has 0 aliphatic heterocycles. The van der Waals surface area contributed by atoms with E-state index in [0.717, 1.165) is 19.3 Å². The Labute approximate surface area is 70.8 Å². The summed E-state index contributed by atoms with van der Waals surface area (Å²) in [5.74, 6) is 0.559. The maximum Gasteiger partial charge on any atom is 0.246 e. The first kappa shape index (κ1) is 8.42. The van der Waals surface area contributed by atoms with Gasteiger partial charge in [-0.1, -0.05) is 6.42 Å². The molecule has 3 atom stereocenters. The molecule has 3 unspecified atom stereocenters. The van der Waals surface area contributed by atoms with Gasteiger partial charge in [-0.15, -0.1) is 0 Å². The van der Waals surface area contributed by atoms with Crippen LogP contribution in [0, 0.1) is 17.3 Å². The molecule has 2 saturated carbocycles. The fraction of sp³-hybridized carbons (Fsp3) is 1.00. The Bertz CT molecular complexity index is 183. The minimum atomic E-state index is -2.34. The summed E-state index contributed by atoms with van der Waals surface area (Å²) < 4.78 is 25.4. The molecule has 0 aromatic heterocycles. The minimum absolute atomic E-state index is 0.0903. The summed E-state index contributed by atoms with van der Waals surface area (Å²) in [5.41, 5.74) is -1.02. The molecule has 0 saturated heterocycles.